The first-order valence-corrected chi connectivity index (χ1v) is 10.0. The SMILES string of the molecule is CC(C)n1c(SCC(=O)Nc2cc([N+](=O)[O-])ccc2Cl)nc2ccccc2c1=O. The summed E-state index contributed by atoms with van der Waals surface area (Å²) >= 11 is 7.12. The molecule has 10 heteroatoms. The van der Waals surface area contributed by atoms with E-state index in [4.69, 9.17) is 11.6 Å². The van der Waals surface area contributed by atoms with Gasteiger partial charge in [0.25, 0.3) is 11.2 Å². The minimum atomic E-state index is -0.568. The Balaban J connectivity index is 1.83. The second-order valence-electron chi connectivity index (χ2n) is 6.44. The number of fused-ring (bicyclic) bond motifs is 1. The number of para-hydroxylation sites is 1. The fourth-order valence-electron chi connectivity index (χ4n) is 2.72. The zero-order valence-electron chi connectivity index (χ0n) is 15.6. The van der Waals surface area contributed by atoms with Gasteiger partial charge < -0.3 is 5.32 Å². The van der Waals surface area contributed by atoms with Crippen LogP contribution in [0.5, 0.6) is 0 Å². The van der Waals surface area contributed by atoms with E-state index in [1.54, 1.807) is 28.8 Å². The summed E-state index contributed by atoms with van der Waals surface area (Å²) in [5.74, 6) is -0.466. The minimum absolute atomic E-state index is 0.0451. The molecule has 1 heterocycles. The van der Waals surface area contributed by atoms with Gasteiger partial charge in [0.2, 0.25) is 5.91 Å². The molecule has 3 aromatic rings. The van der Waals surface area contributed by atoms with Gasteiger partial charge in [0, 0.05) is 18.2 Å². The fourth-order valence-corrected chi connectivity index (χ4v) is 3.81. The molecule has 150 valence electrons. The van der Waals surface area contributed by atoms with E-state index in [0.29, 0.717) is 16.1 Å². The van der Waals surface area contributed by atoms with Crippen LogP contribution in [0.2, 0.25) is 5.02 Å². The normalized spacial score (nSPS) is 11.0. The second-order valence-corrected chi connectivity index (χ2v) is 7.79. The van der Waals surface area contributed by atoms with Crippen molar-refractivity contribution < 1.29 is 9.72 Å². The number of nitro groups is 1. The van der Waals surface area contributed by atoms with Crippen molar-refractivity contribution in [2.75, 3.05) is 11.1 Å². The number of carbonyl (C=O) groups excluding carboxylic acids is 1. The van der Waals surface area contributed by atoms with Crippen molar-refractivity contribution in [3.8, 4) is 0 Å². The smallest absolute Gasteiger partial charge is 0.271 e. The Morgan fingerprint density at radius 1 is 1.31 bits per heavy atom. The van der Waals surface area contributed by atoms with Crippen LogP contribution in [-0.2, 0) is 4.79 Å². The van der Waals surface area contributed by atoms with Gasteiger partial charge in [-0.1, -0.05) is 35.5 Å². The molecule has 0 unspecified atom stereocenters. The maximum Gasteiger partial charge on any atom is 0.271 e. The molecule has 0 bridgehead atoms. The van der Waals surface area contributed by atoms with Crippen molar-refractivity contribution >= 4 is 51.5 Å². The van der Waals surface area contributed by atoms with Gasteiger partial charge in [-0.2, -0.15) is 0 Å². The van der Waals surface area contributed by atoms with Gasteiger partial charge in [-0.15, -0.1) is 0 Å². The molecule has 1 N–H and O–H groups in total. The monoisotopic (exact) mass is 432 g/mol. The van der Waals surface area contributed by atoms with Gasteiger partial charge in [-0.05, 0) is 32.0 Å². The third kappa shape index (κ3) is 4.57. The Labute approximate surface area is 175 Å². The summed E-state index contributed by atoms with van der Waals surface area (Å²) in [5, 5.41) is 14.6. The number of non-ortho nitro benzene ring substituents is 1. The molecule has 0 aliphatic heterocycles. The molecule has 1 aromatic heterocycles. The van der Waals surface area contributed by atoms with E-state index in [-0.39, 0.29) is 33.8 Å². The molecule has 0 spiro atoms. The number of benzene rings is 2. The Bertz CT molecular complexity index is 1160. The maximum atomic E-state index is 12.8. The molecule has 2 aromatic carbocycles. The summed E-state index contributed by atoms with van der Waals surface area (Å²) < 4.78 is 1.54. The lowest BCUT2D eigenvalue weighted by Crippen LogP contribution is -2.25. The van der Waals surface area contributed by atoms with Crippen molar-refractivity contribution in [2.24, 2.45) is 0 Å². The highest BCUT2D eigenvalue weighted by Crippen LogP contribution is 2.27. The predicted octanol–water partition coefficient (Wildman–Crippen LogP) is 4.27. The summed E-state index contributed by atoms with van der Waals surface area (Å²) in [6.07, 6.45) is 0. The van der Waals surface area contributed by atoms with Crippen molar-refractivity contribution in [2.45, 2.75) is 25.0 Å². The van der Waals surface area contributed by atoms with E-state index in [9.17, 15) is 19.7 Å². The van der Waals surface area contributed by atoms with Crippen LogP contribution >= 0.6 is 23.4 Å². The molecule has 0 aliphatic carbocycles. The Morgan fingerprint density at radius 2 is 2.03 bits per heavy atom. The van der Waals surface area contributed by atoms with Gasteiger partial charge in [-0.25, -0.2) is 4.98 Å². The average Bonchev–Trinajstić information content (AvgIpc) is 2.67. The molecular weight excluding hydrogens is 416 g/mol. The summed E-state index contributed by atoms with van der Waals surface area (Å²) in [5.41, 5.74) is 0.357. The number of thioether (sulfide) groups is 1. The first-order chi connectivity index (χ1) is 13.8. The van der Waals surface area contributed by atoms with Crippen LogP contribution in [0.3, 0.4) is 0 Å². The topological polar surface area (TPSA) is 107 Å². The summed E-state index contributed by atoms with van der Waals surface area (Å²) in [4.78, 5) is 40.0. The first kappa shape index (κ1) is 20.8. The van der Waals surface area contributed by atoms with Crippen LogP contribution in [-0.4, -0.2) is 26.1 Å². The van der Waals surface area contributed by atoms with E-state index in [1.807, 2.05) is 13.8 Å². The average molecular weight is 433 g/mol. The predicted molar refractivity (Wildman–Crippen MR) is 114 cm³/mol. The van der Waals surface area contributed by atoms with Gasteiger partial charge >= 0.3 is 0 Å². The molecule has 0 fully saturated rings. The van der Waals surface area contributed by atoms with E-state index in [2.05, 4.69) is 10.3 Å². The van der Waals surface area contributed by atoms with Crippen LogP contribution in [0, 0.1) is 10.1 Å². The maximum absolute atomic E-state index is 12.8. The van der Waals surface area contributed by atoms with Gasteiger partial charge in [-0.3, -0.25) is 24.3 Å². The van der Waals surface area contributed by atoms with Crippen LogP contribution in [0.4, 0.5) is 11.4 Å². The largest absolute Gasteiger partial charge is 0.324 e. The molecule has 0 saturated carbocycles. The molecule has 0 atom stereocenters. The Hall–Kier alpha value is -2.91. The van der Waals surface area contributed by atoms with Gasteiger partial charge in [0.1, 0.15) is 0 Å². The number of rotatable bonds is 6. The zero-order chi connectivity index (χ0) is 21.1. The highest BCUT2D eigenvalue weighted by Gasteiger charge is 2.16. The summed E-state index contributed by atoms with van der Waals surface area (Å²) in [7, 11) is 0. The first-order valence-electron chi connectivity index (χ1n) is 8.66. The Kier molecular flexibility index (Phi) is 6.19. The lowest BCUT2D eigenvalue weighted by atomic mass is 10.2. The zero-order valence-corrected chi connectivity index (χ0v) is 17.2. The fraction of sp³-hybridized carbons (Fsp3) is 0.211. The molecule has 0 aliphatic rings. The highest BCUT2D eigenvalue weighted by molar-refractivity contribution is 7.99. The molecule has 3 rings (SSSR count). The number of halogens is 1. The molecule has 29 heavy (non-hydrogen) atoms. The van der Waals surface area contributed by atoms with Crippen LogP contribution in [0.25, 0.3) is 10.9 Å². The number of hydrogen-bond acceptors (Lipinski definition) is 6. The Morgan fingerprint density at radius 3 is 2.72 bits per heavy atom. The van der Waals surface area contributed by atoms with Crippen molar-refractivity contribution in [3.05, 3.63) is 68.0 Å². The summed E-state index contributed by atoms with van der Waals surface area (Å²) in [6, 6.07) is 10.7. The van der Waals surface area contributed by atoms with E-state index < -0.39 is 10.8 Å². The van der Waals surface area contributed by atoms with Crippen LogP contribution in [0.1, 0.15) is 19.9 Å². The quantitative estimate of drug-likeness (QED) is 0.270. The number of aromatic nitrogens is 2. The van der Waals surface area contributed by atoms with Crippen LogP contribution < -0.4 is 10.9 Å². The number of anilines is 1. The van der Waals surface area contributed by atoms with Crippen LogP contribution in [0.15, 0.2) is 52.4 Å². The standard InChI is InChI=1S/C19H17ClN4O4S/c1-11(2)23-18(26)13-5-3-4-6-15(13)22-19(23)29-10-17(25)21-16-9-12(24(27)28)7-8-14(16)20/h3-9,11H,10H2,1-2H3,(H,21,25). The number of nitrogens with zero attached hydrogens (tertiary/aromatic N) is 3. The summed E-state index contributed by atoms with van der Waals surface area (Å²) in [6.45, 7) is 3.73. The number of amides is 1. The van der Waals surface area contributed by atoms with Gasteiger partial charge in [0.05, 0.1) is 32.3 Å². The molecule has 1 amide bonds. The van der Waals surface area contributed by atoms with E-state index in [0.717, 1.165) is 11.8 Å². The minimum Gasteiger partial charge on any atom is -0.324 e. The van der Waals surface area contributed by atoms with Crippen molar-refractivity contribution in [1.29, 1.82) is 0 Å². The molecule has 8 nitrogen and oxygen atoms in total. The number of carbonyl (C=O) groups is 1. The lowest BCUT2D eigenvalue weighted by molar-refractivity contribution is -0.384. The van der Waals surface area contributed by atoms with E-state index in [1.165, 1.54) is 18.2 Å². The van der Waals surface area contributed by atoms with Crippen molar-refractivity contribution in [1.82, 2.24) is 9.55 Å². The molecule has 0 radical (unpaired) electrons. The van der Waals surface area contributed by atoms with E-state index >= 15 is 0 Å². The molecular formula is C19H17ClN4O4S. The highest BCUT2D eigenvalue weighted by atomic mass is 35.5. The third-order valence-corrected chi connectivity index (χ3v) is 5.34. The van der Waals surface area contributed by atoms with Gasteiger partial charge in [0.15, 0.2) is 5.16 Å². The lowest BCUT2D eigenvalue weighted by Gasteiger charge is -2.16. The molecule has 0 saturated heterocycles. The number of nitrogens with one attached hydrogen (secondary N) is 1. The second kappa shape index (κ2) is 8.62. The third-order valence-electron chi connectivity index (χ3n) is 4.06. The number of nitro benzene ring substituents is 1. The number of hydrogen-bond donors (Lipinski definition) is 1. The van der Waals surface area contributed by atoms with Crippen molar-refractivity contribution in [3.63, 3.8) is 0 Å².